The van der Waals surface area contributed by atoms with Crippen molar-refractivity contribution in [3.05, 3.63) is 79.9 Å². The SMILES string of the molecule is O=[N+]([O-])c1ccc2c(c1)[C@@H](O)[C@](Cl)([N+](=O)[O-])[C@@H](c1ccccc1)O2. The molecule has 2 aromatic carbocycles. The van der Waals surface area contributed by atoms with E-state index in [1.54, 1.807) is 30.3 Å². The van der Waals surface area contributed by atoms with Crippen LogP contribution in [0.15, 0.2) is 48.5 Å². The van der Waals surface area contributed by atoms with Crippen molar-refractivity contribution in [2.45, 2.75) is 17.2 Å². The summed E-state index contributed by atoms with van der Waals surface area (Å²) in [5, 5.41) is 33.0. The molecule has 0 saturated heterocycles. The predicted octanol–water partition coefficient (Wildman–Crippen LogP) is 2.97. The highest BCUT2D eigenvalue weighted by Crippen LogP contribution is 2.52. The van der Waals surface area contributed by atoms with Crippen molar-refractivity contribution in [2.75, 3.05) is 0 Å². The molecule has 1 aliphatic heterocycles. The van der Waals surface area contributed by atoms with Crippen LogP contribution < -0.4 is 4.74 Å². The minimum atomic E-state index is -2.41. The number of nitro groups is 2. The molecule has 0 aromatic heterocycles. The lowest BCUT2D eigenvalue weighted by atomic mass is 9.89. The van der Waals surface area contributed by atoms with E-state index in [0.29, 0.717) is 5.56 Å². The van der Waals surface area contributed by atoms with Gasteiger partial charge in [0.1, 0.15) is 5.75 Å². The average Bonchev–Trinajstić information content (AvgIpc) is 2.58. The van der Waals surface area contributed by atoms with Gasteiger partial charge in [0.25, 0.3) is 5.69 Å². The van der Waals surface area contributed by atoms with Gasteiger partial charge in [0.05, 0.1) is 9.85 Å². The molecule has 24 heavy (non-hydrogen) atoms. The number of ether oxygens (including phenoxy) is 1. The van der Waals surface area contributed by atoms with Crippen molar-refractivity contribution in [2.24, 2.45) is 0 Å². The third-order valence-electron chi connectivity index (χ3n) is 3.88. The summed E-state index contributed by atoms with van der Waals surface area (Å²) in [6, 6.07) is 11.7. The summed E-state index contributed by atoms with van der Waals surface area (Å²) < 4.78 is 5.64. The van der Waals surface area contributed by atoms with Crippen LogP contribution in [0.1, 0.15) is 23.3 Å². The van der Waals surface area contributed by atoms with Crippen molar-refractivity contribution < 1.29 is 19.7 Å². The van der Waals surface area contributed by atoms with Gasteiger partial charge in [-0.1, -0.05) is 30.3 Å². The molecule has 1 aliphatic rings. The van der Waals surface area contributed by atoms with Crippen LogP contribution in [-0.4, -0.2) is 20.0 Å². The number of nitro benzene ring substituents is 1. The number of rotatable bonds is 3. The zero-order valence-electron chi connectivity index (χ0n) is 12.0. The zero-order valence-corrected chi connectivity index (χ0v) is 12.8. The summed E-state index contributed by atoms with van der Waals surface area (Å²) in [6.07, 6.45) is -3.05. The number of non-ortho nitro benzene ring substituents is 1. The highest BCUT2D eigenvalue weighted by molar-refractivity contribution is 6.23. The molecule has 0 radical (unpaired) electrons. The maximum atomic E-state index is 11.6. The van der Waals surface area contributed by atoms with Crippen molar-refractivity contribution in [1.82, 2.24) is 0 Å². The van der Waals surface area contributed by atoms with Crippen LogP contribution >= 0.6 is 11.6 Å². The molecule has 1 heterocycles. The Morgan fingerprint density at radius 1 is 1.12 bits per heavy atom. The van der Waals surface area contributed by atoms with Crippen molar-refractivity contribution in [3.63, 3.8) is 0 Å². The van der Waals surface area contributed by atoms with Crippen molar-refractivity contribution in [3.8, 4) is 5.75 Å². The predicted molar refractivity (Wildman–Crippen MR) is 83.4 cm³/mol. The first-order chi connectivity index (χ1) is 11.4. The standard InChI is InChI=1S/C15H11ClN2O6/c16-15(18(22)23)13(19)11-8-10(17(20)21)6-7-12(11)24-14(15)9-4-2-1-3-5-9/h1-8,13-14,19H/t13-,14-,15+/m1/s1. The maximum absolute atomic E-state index is 11.6. The van der Waals surface area contributed by atoms with E-state index in [4.69, 9.17) is 16.3 Å². The summed E-state index contributed by atoms with van der Waals surface area (Å²) in [6.45, 7) is 0. The number of alkyl halides is 1. The maximum Gasteiger partial charge on any atom is 0.364 e. The number of halogens is 1. The van der Waals surface area contributed by atoms with E-state index < -0.39 is 27.1 Å². The summed E-state index contributed by atoms with van der Waals surface area (Å²) in [5.41, 5.74) is -0.00717. The second-order valence-electron chi connectivity index (χ2n) is 5.28. The molecule has 0 spiro atoms. The Morgan fingerprint density at radius 3 is 2.38 bits per heavy atom. The van der Waals surface area contributed by atoms with Crippen molar-refractivity contribution >= 4 is 17.3 Å². The molecule has 0 fully saturated rings. The average molecular weight is 351 g/mol. The van der Waals surface area contributed by atoms with E-state index in [2.05, 4.69) is 0 Å². The van der Waals surface area contributed by atoms with Crippen LogP contribution in [0.4, 0.5) is 5.69 Å². The van der Waals surface area contributed by atoms with E-state index in [1.807, 2.05) is 0 Å². The molecule has 124 valence electrons. The number of aliphatic hydroxyl groups is 1. The Bertz CT molecular complexity index is 815. The van der Waals surface area contributed by atoms with Gasteiger partial charge in [0.2, 0.25) is 6.10 Å². The second kappa shape index (κ2) is 5.73. The van der Waals surface area contributed by atoms with Gasteiger partial charge in [-0.3, -0.25) is 20.2 Å². The molecule has 3 atom stereocenters. The quantitative estimate of drug-likeness (QED) is 0.393. The fourth-order valence-corrected chi connectivity index (χ4v) is 2.95. The largest absolute Gasteiger partial charge is 0.476 e. The number of hydrogen-bond donors (Lipinski definition) is 1. The highest BCUT2D eigenvalue weighted by atomic mass is 35.5. The van der Waals surface area contributed by atoms with Gasteiger partial charge in [-0.05, 0) is 17.7 Å². The number of aliphatic hydroxyl groups excluding tert-OH is 1. The molecule has 0 bridgehead atoms. The lowest BCUT2D eigenvalue weighted by molar-refractivity contribution is -0.570. The van der Waals surface area contributed by atoms with E-state index in [0.717, 1.165) is 6.07 Å². The number of hydrogen-bond acceptors (Lipinski definition) is 6. The Labute approximate surface area is 140 Å². The van der Waals surface area contributed by atoms with Crippen LogP contribution in [0.25, 0.3) is 0 Å². The molecule has 8 nitrogen and oxygen atoms in total. The lowest BCUT2D eigenvalue weighted by Crippen LogP contribution is -2.49. The highest BCUT2D eigenvalue weighted by Gasteiger charge is 2.61. The van der Waals surface area contributed by atoms with E-state index in [-0.39, 0.29) is 17.0 Å². The fourth-order valence-electron chi connectivity index (χ4n) is 2.67. The van der Waals surface area contributed by atoms with Gasteiger partial charge in [0, 0.05) is 23.3 Å². The number of nitrogens with zero attached hydrogens (tertiary/aromatic N) is 2. The minimum Gasteiger partial charge on any atom is -0.476 e. The first-order valence-electron chi connectivity index (χ1n) is 6.87. The van der Waals surface area contributed by atoms with E-state index in [9.17, 15) is 25.3 Å². The summed E-state index contributed by atoms with van der Waals surface area (Å²) in [4.78, 5) is 18.6. The first kappa shape index (κ1) is 16.2. The van der Waals surface area contributed by atoms with Crippen LogP contribution in [0.3, 0.4) is 0 Å². The molecule has 1 N–H and O–H groups in total. The van der Waals surface area contributed by atoms with E-state index in [1.165, 1.54) is 12.1 Å². The molecule has 0 unspecified atom stereocenters. The molecule has 0 saturated carbocycles. The van der Waals surface area contributed by atoms with Crippen molar-refractivity contribution in [1.29, 1.82) is 0 Å². The Morgan fingerprint density at radius 2 is 1.79 bits per heavy atom. The number of benzene rings is 2. The topological polar surface area (TPSA) is 116 Å². The van der Waals surface area contributed by atoms with Gasteiger partial charge in [-0.25, -0.2) is 0 Å². The van der Waals surface area contributed by atoms with Gasteiger partial charge >= 0.3 is 5.00 Å². The third kappa shape index (κ3) is 2.36. The Kier molecular flexibility index (Phi) is 3.86. The molecule has 3 rings (SSSR count). The van der Waals surface area contributed by atoms with E-state index >= 15 is 0 Å². The number of fused-ring (bicyclic) bond motifs is 1. The monoisotopic (exact) mass is 350 g/mol. The molecule has 0 aliphatic carbocycles. The molecular weight excluding hydrogens is 340 g/mol. The Hall–Kier alpha value is -2.71. The van der Waals surface area contributed by atoms with Crippen LogP contribution in [0.5, 0.6) is 5.75 Å². The van der Waals surface area contributed by atoms with Gasteiger partial charge in [-0.2, -0.15) is 0 Å². The van der Waals surface area contributed by atoms with Gasteiger partial charge in [-0.15, -0.1) is 0 Å². The molecular formula is C15H11ClN2O6. The summed E-state index contributed by atoms with van der Waals surface area (Å²) in [5.74, 6) is 0.111. The minimum absolute atomic E-state index is 0.0944. The second-order valence-corrected chi connectivity index (χ2v) is 5.88. The smallest absolute Gasteiger partial charge is 0.364 e. The van der Waals surface area contributed by atoms with Crippen LogP contribution in [0, 0.1) is 20.2 Å². The van der Waals surface area contributed by atoms with Gasteiger partial charge < -0.3 is 9.84 Å². The lowest BCUT2D eigenvalue weighted by Gasteiger charge is -2.37. The molecule has 0 amide bonds. The van der Waals surface area contributed by atoms with Crippen LogP contribution in [0.2, 0.25) is 0 Å². The van der Waals surface area contributed by atoms with Gasteiger partial charge in [0.15, 0.2) is 6.10 Å². The zero-order chi connectivity index (χ0) is 17.5. The van der Waals surface area contributed by atoms with Crippen LogP contribution in [-0.2, 0) is 0 Å². The molecule has 9 heteroatoms. The fraction of sp³-hybridized carbons (Fsp3) is 0.200. The first-order valence-corrected chi connectivity index (χ1v) is 7.25. The Balaban J connectivity index is 2.17. The third-order valence-corrected chi connectivity index (χ3v) is 4.42. The molecule has 2 aromatic rings. The normalized spacial score (nSPS) is 25.4. The summed E-state index contributed by atoms with van der Waals surface area (Å²) >= 11 is 6.18. The summed E-state index contributed by atoms with van der Waals surface area (Å²) in [7, 11) is 0.